The molecule has 0 radical (unpaired) electrons. The molecule has 2 nitrogen and oxygen atoms in total. The van der Waals surface area contributed by atoms with E-state index in [1.807, 2.05) is 31.2 Å². The van der Waals surface area contributed by atoms with Crippen molar-refractivity contribution in [1.29, 1.82) is 0 Å². The topological polar surface area (TPSA) is 29.4 Å². The fourth-order valence-corrected chi connectivity index (χ4v) is 1.21. The molecule has 0 aliphatic carbocycles. The predicted molar refractivity (Wildman–Crippen MR) is 57.5 cm³/mol. The summed E-state index contributed by atoms with van der Waals surface area (Å²) in [5.74, 6) is 0. The second-order valence-electron chi connectivity index (χ2n) is 2.81. The quantitative estimate of drug-likeness (QED) is 0.404. The molecule has 0 unspecified atom stereocenters. The Kier molecular flexibility index (Phi) is 3.59. The van der Waals surface area contributed by atoms with E-state index in [1.165, 1.54) is 6.08 Å². The molecule has 0 amide bonds. The molecule has 0 saturated carbocycles. The van der Waals surface area contributed by atoms with Gasteiger partial charge in [-0.15, -0.1) is 0 Å². The van der Waals surface area contributed by atoms with Gasteiger partial charge in [0.1, 0.15) is 0 Å². The van der Waals surface area contributed by atoms with Gasteiger partial charge in [0.2, 0.25) is 6.08 Å². The Morgan fingerprint density at radius 1 is 1.50 bits per heavy atom. The minimum atomic E-state index is 0.591. The molecule has 0 aliphatic heterocycles. The highest BCUT2D eigenvalue weighted by Crippen LogP contribution is 2.19. The highest BCUT2D eigenvalue weighted by molar-refractivity contribution is 5.71. The number of allylic oxidation sites excluding steroid dienone is 2. The van der Waals surface area contributed by atoms with Crippen LogP contribution in [0.5, 0.6) is 0 Å². The summed E-state index contributed by atoms with van der Waals surface area (Å²) in [5.41, 5.74) is 2.59. The van der Waals surface area contributed by atoms with Crippen LogP contribution < -0.4 is 0 Å². The summed E-state index contributed by atoms with van der Waals surface area (Å²) in [6.45, 7) is 5.54. The summed E-state index contributed by atoms with van der Waals surface area (Å²) in [6, 6.07) is 7.71. The smallest absolute Gasteiger partial charge is 0.211 e. The van der Waals surface area contributed by atoms with Crippen molar-refractivity contribution in [3.05, 3.63) is 54.1 Å². The van der Waals surface area contributed by atoms with Gasteiger partial charge in [0.25, 0.3) is 0 Å². The van der Waals surface area contributed by atoms with Gasteiger partial charge < -0.3 is 0 Å². The molecule has 0 spiro atoms. The maximum Gasteiger partial charge on any atom is 0.240 e. The molecule has 14 heavy (non-hydrogen) atoms. The number of carbonyl (C=O) groups excluding carboxylic acids is 1. The molecule has 1 aromatic carbocycles. The van der Waals surface area contributed by atoms with Crippen LogP contribution in [0.3, 0.4) is 0 Å². The number of benzene rings is 1. The minimum absolute atomic E-state index is 0.591. The van der Waals surface area contributed by atoms with Crippen LogP contribution in [0.4, 0.5) is 0 Å². The second-order valence-corrected chi connectivity index (χ2v) is 2.81. The van der Waals surface area contributed by atoms with Crippen molar-refractivity contribution >= 4 is 11.8 Å². The average Bonchev–Trinajstić information content (AvgIpc) is 2.18. The zero-order chi connectivity index (χ0) is 10.4. The lowest BCUT2D eigenvalue weighted by molar-refractivity contribution is 0.565. The number of isocyanates is 1. The Hall–Kier alpha value is -1.92. The van der Waals surface area contributed by atoms with E-state index in [-0.39, 0.29) is 0 Å². The molecular formula is C12H11NO. The Balaban J connectivity index is 3.25. The molecule has 0 fully saturated rings. The van der Waals surface area contributed by atoms with Crippen LogP contribution in [0.1, 0.15) is 11.1 Å². The SMILES string of the molecule is C=C/C=C(/N=C=O)c1ccccc1C. The first kappa shape index (κ1) is 10.2. The average molecular weight is 185 g/mol. The highest BCUT2D eigenvalue weighted by atomic mass is 16.1. The largest absolute Gasteiger partial charge is 0.240 e. The molecular weight excluding hydrogens is 174 g/mol. The normalized spacial score (nSPS) is 10.5. The van der Waals surface area contributed by atoms with Crippen molar-refractivity contribution in [2.24, 2.45) is 4.99 Å². The van der Waals surface area contributed by atoms with Gasteiger partial charge in [0.05, 0.1) is 5.70 Å². The van der Waals surface area contributed by atoms with Gasteiger partial charge in [0, 0.05) is 5.56 Å². The van der Waals surface area contributed by atoms with Crippen molar-refractivity contribution in [2.75, 3.05) is 0 Å². The molecule has 0 saturated heterocycles. The summed E-state index contributed by atoms with van der Waals surface area (Å²) in [5, 5.41) is 0. The Morgan fingerprint density at radius 3 is 2.79 bits per heavy atom. The molecule has 2 heteroatoms. The Labute approximate surface area is 83.3 Å². The molecule has 1 aromatic rings. The predicted octanol–water partition coefficient (Wildman–Crippen LogP) is 2.86. The van der Waals surface area contributed by atoms with E-state index >= 15 is 0 Å². The van der Waals surface area contributed by atoms with E-state index in [0.717, 1.165) is 11.1 Å². The number of aryl methyl sites for hydroxylation is 1. The first-order chi connectivity index (χ1) is 6.79. The molecule has 0 atom stereocenters. The standard InChI is InChI=1S/C12H11NO/c1-3-6-12(13-9-14)11-8-5-4-7-10(11)2/h3-8H,1H2,2H3/b12-6+. The van der Waals surface area contributed by atoms with E-state index in [4.69, 9.17) is 0 Å². The van der Waals surface area contributed by atoms with Crippen molar-refractivity contribution in [2.45, 2.75) is 6.92 Å². The van der Waals surface area contributed by atoms with Crippen LogP contribution >= 0.6 is 0 Å². The van der Waals surface area contributed by atoms with Gasteiger partial charge in [0.15, 0.2) is 0 Å². The number of hydrogen-bond donors (Lipinski definition) is 0. The van der Waals surface area contributed by atoms with Gasteiger partial charge in [-0.2, -0.15) is 4.99 Å². The van der Waals surface area contributed by atoms with Crippen molar-refractivity contribution in [3.63, 3.8) is 0 Å². The number of aliphatic imine (C=N–C) groups is 1. The highest BCUT2D eigenvalue weighted by Gasteiger charge is 2.01. The lowest BCUT2D eigenvalue weighted by Crippen LogP contribution is -1.85. The summed E-state index contributed by atoms with van der Waals surface area (Å²) in [6.07, 6.45) is 4.82. The summed E-state index contributed by atoms with van der Waals surface area (Å²) >= 11 is 0. The lowest BCUT2D eigenvalue weighted by Gasteiger charge is -2.02. The van der Waals surface area contributed by atoms with E-state index < -0.39 is 0 Å². The third-order valence-electron chi connectivity index (χ3n) is 1.86. The maximum atomic E-state index is 10.2. The first-order valence-corrected chi connectivity index (χ1v) is 4.26. The Morgan fingerprint density at radius 2 is 2.21 bits per heavy atom. The van der Waals surface area contributed by atoms with E-state index in [9.17, 15) is 4.79 Å². The number of rotatable bonds is 3. The van der Waals surface area contributed by atoms with Gasteiger partial charge in [-0.3, -0.25) is 0 Å². The van der Waals surface area contributed by atoms with Gasteiger partial charge in [-0.1, -0.05) is 36.9 Å². The number of nitrogens with zero attached hydrogens (tertiary/aromatic N) is 1. The van der Waals surface area contributed by atoms with Crippen molar-refractivity contribution < 1.29 is 4.79 Å². The molecule has 0 aliphatic rings. The fraction of sp³-hybridized carbons (Fsp3) is 0.0833. The molecule has 0 bridgehead atoms. The van der Waals surface area contributed by atoms with E-state index in [1.54, 1.807) is 12.2 Å². The molecule has 0 aromatic heterocycles. The van der Waals surface area contributed by atoms with Crippen LogP contribution in [-0.2, 0) is 4.79 Å². The van der Waals surface area contributed by atoms with E-state index in [0.29, 0.717) is 5.70 Å². The van der Waals surface area contributed by atoms with Gasteiger partial charge in [-0.25, -0.2) is 4.79 Å². The maximum absolute atomic E-state index is 10.2. The summed E-state index contributed by atoms with van der Waals surface area (Å²) in [4.78, 5) is 13.8. The lowest BCUT2D eigenvalue weighted by atomic mass is 10.1. The van der Waals surface area contributed by atoms with Crippen molar-refractivity contribution in [3.8, 4) is 0 Å². The van der Waals surface area contributed by atoms with E-state index in [2.05, 4.69) is 11.6 Å². The molecule has 0 heterocycles. The fourth-order valence-electron chi connectivity index (χ4n) is 1.21. The third kappa shape index (κ3) is 2.28. The van der Waals surface area contributed by atoms with Crippen molar-refractivity contribution in [1.82, 2.24) is 0 Å². The van der Waals surface area contributed by atoms with Crippen LogP contribution in [0.15, 0.2) is 48.0 Å². The molecule has 70 valence electrons. The zero-order valence-electron chi connectivity index (χ0n) is 8.03. The third-order valence-corrected chi connectivity index (χ3v) is 1.86. The van der Waals surface area contributed by atoms with Crippen LogP contribution in [0.25, 0.3) is 5.70 Å². The second kappa shape index (κ2) is 4.95. The van der Waals surface area contributed by atoms with Crippen LogP contribution in [0, 0.1) is 6.92 Å². The van der Waals surface area contributed by atoms with Gasteiger partial charge >= 0.3 is 0 Å². The Bertz CT molecular complexity index is 412. The van der Waals surface area contributed by atoms with Crippen LogP contribution in [0.2, 0.25) is 0 Å². The molecule has 1 rings (SSSR count). The summed E-state index contributed by atoms with van der Waals surface area (Å²) in [7, 11) is 0. The minimum Gasteiger partial charge on any atom is -0.211 e. The number of hydrogen-bond acceptors (Lipinski definition) is 2. The van der Waals surface area contributed by atoms with Gasteiger partial charge in [-0.05, 0) is 18.6 Å². The first-order valence-electron chi connectivity index (χ1n) is 4.26. The zero-order valence-corrected chi connectivity index (χ0v) is 8.03. The summed E-state index contributed by atoms with van der Waals surface area (Å²) < 4.78 is 0. The molecule has 0 N–H and O–H groups in total. The van der Waals surface area contributed by atoms with Crippen LogP contribution in [-0.4, -0.2) is 6.08 Å². The monoisotopic (exact) mass is 185 g/mol.